The maximum absolute atomic E-state index is 12.3. The maximum atomic E-state index is 12.3. The van der Waals surface area contributed by atoms with Crippen molar-refractivity contribution in [3.63, 3.8) is 0 Å². The van der Waals surface area contributed by atoms with E-state index in [2.05, 4.69) is 33.5 Å². The smallest absolute Gasteiger partial charge is 0.317 e. The lowest BCUT2D eigenvalue weighted by molar-refractivity contribution is 0.207. The van der Waals surface area contributed by atoms with Crippen molar-refractivity contribution in [1.82, 2.24) is 30.1 Å². The number of carbonyl (C=O) groups is 1. The van der Waals surface area contributed by atoms with Crippen LogP contribution in [0.25, 0.3) is 0 Å². The summed E-state index contributed by atoms with van der Waals surface area (Å²) < 4.78 is 7.20. The lowest BCUT2D eigenvalue weighted by Gasteiger charge is -2.18. The van der Waals surface area contributed by atoms with E-state index in [1.807, 2.05) is 30.4 Å². The van der Waals surface area contributed by atoms with Crippen molar-refractivity contribution in [3.8, 4) is 0 Å². The van der Waals surface area contributed by atoms with Gasteiger partial charge in [-0.1, -0.05) is 19.0 Å². The SMILES string of the molecule is Cc1cc(C)n([C@@H]2CCN(C(=O)NCCc3noc(C(C)C)n3)C2)n1. The Labute approximate surface area is 147 Å². The van der Waals surface area contributed by atoms with E-state index in [0.29, 0.717) is 31.2 Å². The molecule has 0 bridgehead atoms. The van der Waals surface area contributed by atoms with Gasteiger partial charge in [-0.05, 0) is 26.3 Å². The second kappa shape index (κ2) is 7.25. The Morgan fingerprint density at radius 2 is 2.24 bits per heavy atom. The molecule has 1 saturated heterocycles. The van der Waals surface area contributed by atoms with Gasteiger partial charge >= 0.3 is 6.03 Å². The van der Waals surface area contributed by atoms with Crippen LogP contribution in [0.3, 0.4) is 0 Å². The number of rotatable bonds is 5. The zero-order valence-electron chi connectivity index (χ0n) is 15.3. The molecule has 8 heteroatoms. The summed E-state index contributed by atoms with van der Waals surface area (Å²) in [6, 6.07) is 2.28. The minimum Gasteiger partial charge on any atom is -0.339 e. The fourth-order valence-electron chi connectivity index (χ4n) is 3.14. The first kappa shape index (κ1) is 17.4. The van der Waals surface area contributed by atoms with E-state index in [4.69, 9.17) is 4.52 Å². The fourth-order valence-corrected chi connectivity index (χ4v) is 3.14. The van der Waals surface area contributed by atoms with Gasteiger partial charge in [-0.15, -0.1) is 0 Å². The molecular weight excluding hydrogens is 320 g/mol. The van der Waals surface area contributed by atoms with Crippen molar-refractivity contribution in [1.29, 1.82) is 0 Å². The van der Waals surface area contributed by atoms with Crippen LogP contribution in [0.1, 0.15) is 55.3 Å². The Kier molecular flexibility index (Phi) is 5.06. The molecule has 2 amide bonds. The quantitative estimate of drug-likeness (QED) is 0.896. The predicted octanol–water partition coefficient (Wildman–Crippen LogP) is 2.21. The summed E-state index contributed by atoms with van der Waals surface area (Å²) in [6.45, 7) is 9.99. The molecule has 2 aromatic rings. The normalized spacial score (nSPS) is 17.5. The van der Waals surface area contributed by atoms with E-state index in [-0.39, 0.29) is 18.0 Å². The number of likely N-dealkylation sites (tertiary alicyclic amines) is 1. The van der Waals surface area contributed by atoms with E-state index in [1.54, 1.807) is 0 Å². The third kappa shape index (κ3) is 4.00. The topological polar surface area (TPSA) is 89.1 Å². The third-order valence-corrected chi connectivity index (χ3v) is 4.44. The molecule has 1 aliphatic heterocycles. The first-order valence-corrected chi connectivity index (χ1v) is 8.82. The number of nitrogens with zero attached hydrogens (tertiary/aromatic N) is 5. The van der Waals surface area contributed by atoms with Crippen molar-refractivity contribution in [2.24, 2.45) is 0 Å². The largest absolute Gasteiger partial charge is 0.339 e. The molecule has 0 radical (unpaired) electrons. The first-order valence-electron chi connectivity index (χ1n) is 8.82. The minimum absolute atomic E-state index is 0.0448. The fraction of sp³-hybridized carbons (Fsp3) is 0.647. The van der Waals surface area contributed by atoms with Crippen LogP contribution in [-0.4, -0.2) is 50.5 Å². The summed E-state index contributed by atoms with van der Waals surface area (Å²) in [5, 5.41) is 11.4. The molecule has 1 fully saturated rings. The van der Waals surface area contributed by atoms with E-state index in [0.717, 1.165) is 24.4 Å². The second-order valence-corrected chi connectivity index (χ2v) is 6.95. The van der Waals surface area contributed by atoms with E-state index < -0.39 is 0 Å². The molecule has 1 atom stereocenters. The van der Waals surface area contributed by atoms with Crippen molar-refractivity contribution in [2.45, 2.75) is 52.5 Å². The molecular formula is C17H26N6O2. The lowest BCUT2D eigenvalue weighted by atomic mass is 10.2. The molecule has 2 aromatic heterocycles. The lowest BCUT2D eigenvalue weighted by Crippen LogP contribution is -2.39. The van der Waals surface area contributed by atoms with Crippen LogP contribution >= 0.6 is 0 Å². The van der Waals surface area contributed by atoms with Crippen LogP contribution in [0, 0.1) is 13.8 Å². The molecule has 0 unspecified atom stereocenters. The molecule has 8 nitrogen and oxygen atoms in total. The highest BCUT2D eigenvalue weighted by Crippen LogP contribution is 2.23. The molecule has 0 aromatic carbocycles. The minimum atomic E-state index is -0.0448. The van der Waals surface area contributed by atoms with Gasteiger partial charge in [0.1, 0.15) is 0 Å². The Bertz CT molecular complexity index is 735. The number of hydrogen-bond acceptors (Lipinski definition) is 5. The number of aromatic nitrogens is 4. The Balaban J connectivity index is 1.46. The number of nitrogens with one attached hydrogen (secondary N) is 1. The number of hydrogen-bond donors (Lipinski definition) is 1. The van der Waals surface area contributed by atoms with Crippen molar-refractivity contribution < 1.29 is 9.32 Å². The number of urea groups is 1. The summed E-state index contributed by atoms with van der Waals surface area (Å²) in [5.74, 6) is 1.48. The van der Waals surface area contributed by atoms with Gasteiger partial charge in [-0.25, -0.2) is 4.79 Å². The highest BCUT2D eigenvalue weighted by Gasteiger charge is 2.28. The van der Waals surface area contributed by atoms with Crippen LogP contribution in [-0.2, 0) is 6.42 Å². The monoisotopic (exact) mass is 346 g/mol. The average molecular weight is 346 g/mol. The van der Waals surface area contributed by atoms with Crippen LogP contribution in [0.4, 0.5) is 4.79 Å². The molecule has 1 aliphatic rings. The second-order valence-electron chi connectivity index (χ2n) is 6.95. The van der Waals surface area contributed by atoms with Gasteiger partial charge in [0.25, 0.3) is 0 Å². The van der Waals surface area contributed by atoms with Crippen LogP contribution < -0.4 is 5.32 Å². The van der Waals surface area contributed by atoms with Gasteiger partial charge in [0.05, 0.1) is 11.7 Å². The predicted molar refractivity (Wildman–Crippen MR) is 92.4 cm³/mol. The van der Waals surface area contributed by atoms with Crippen LogP contribution in [0.15, 0.2) is 10.6 Å². The van der Waals surface area contributed by atoms with Gasteiger partial charge in [0, 0.05) is 37.7 Å². The van der Waals surface area contributed by atoms with Gasteiger partial charge < -0.3 is 14.7 Å². The molecule has 3 rings (SSSR count). The molecule has 136 valence electrons. The zero-order chi connectivity index (χ0) is 18.0. The van der Waals surface area contributed by atoms with E-state index >= 15 is 0 Å². The third-order valence-electron chi connectivity index (χ3n) is 4.44. The van der Waals surface area contributed by atoms with Gasteiger partial charge in [0.2, 0.25) is 5.89 Å². The summed E-state index contributed by atoms with van der Waals surface area (Å²) in [6.07, 6.45) is 1.49. The molecule has 0 aliphatic carbocycles. The number of aryl methyl sites for hydroxylation is 2. The molecule has 0 spiro atoms. The van der Waals surface area contributed by atoms with Crippen LogP contribution in [0.2, 0.25) is 0 Å². The standard InChI is InChI=1S/C17H26N6O2/c1-11(2)16-19-15(21-25-16)5-7-18-17(24)22-8-6-14(10-22)23-13(4)9-12(3)20-23/h9,11,14H,5-8,10H2,1-4H3,(H,18,24)/t14-/m1/s1. The number of carbonyl (C=O) groups excluding carboxylic acids is 1. The highest BCUT2D eigenvalue weighted by atomic mass is 16.5. The molecule has 0 saturated carbocycles. The zero-order valence-corrected chi connectivity index (χ0v) is 15.3. The Morgan fingerprint density at radius 3 is 2.88 bits per heavy atom. The summed E-state index contributed by atoms with van der Waals surface area (Å²) in [7, 11) is 0. The van der Waals surface area contributed by atoms with Gasteiger partial charge in [-0.3, -0.25) is 4.68 Å². The molecule has 25 heavy (non-hydrogen) atoms. The molecule has 3 heterocycles. The van der Waals surface area contributed by atoms with Gasteiger partial charge in [-0.2, -0.15) is 10.1 Å². The maximum Gasteiger partial charge on any atom is 0.317 e. The average Bonchev–Trinajstić information content (AvgIpc) is 3.26. The van der Waals surface area contributed by atoms with Gasteiger partial charge in [0.15, 0.2) is 5.82 Å². The molecule has 1 N–H and O–H groups in total. The Hall–Kier alpha value is -2.38. The number of amides is 2. The van der Waals surface area contributed by atoms with Crippen molar-refractivity contribution >= 4 is 6.03 Å². The van der Waals surface area contributed by atoms with E-state index in [9.17, 15) is 4.79 Å². The highest BCUT2D eigenvalue weighted by molar-refractivity contribution is 5.74. The first-order chi connectivity index (χ1) is 11.9. The van der Waals surface area contributed by atoms with E-state index in [1.165, 1.54) is 0 Å². The van der Waals surface area contributed by atoms with Crippen LogP contribution in [0.5, 0.6) is 0 Å². The Morgan fingerprint density at radius 1 is 1.44 bits per heavy atom. The van der Waals surface area contributed by atoms with Crippen molar-refractivity contribution in [2.75, 3.05) is 19.6 Å². The summed E-state index contributed by atoms with van der Waals surface area (Å²) in [4.78, 5) is 18.5. The summed E-state index contributed by atoms with van der Waals surface area (Å²) >= 11 is 0. The summed E-state index contributed by atoms with van der Waals surface area (Å²) in [5.41, 5.74) is 2.16. The van der Waals surface area contributed by atoms with Crippen molar-refractivity contribution in [3.05, 3.63) is 29.2 Å².